The number of carbonyl (C=O) groups excluding carboxylic acids is 1. The van der Waals surface area contributed by atoms with E-state index in [9.17, 15) is 9.18 Å². The zero-order valence-corrected chi connectivity index (χ0v) is 16.7. The number of nitrogens with zero attached hydrogens (tertiary/aromatic N) is 4. The summed E-state index contributed by atoms with van der Waals surface area (Å²) in [5.41, 5.74) is 1.07. The third kappa shape index (κ3) is 5.62. The number of piperidine rings is 1. The third-order valence-electron chi connectivity index (χ3n) is 5.19. The van der Waals surface area contributed by atoms with Gasteiger partial charge in [0.05, 0.1) is 0 Å². The molecule has 0 unspecified atom stereocenters. The molecule has 1 aliphatic rings. The molecule has 0 radical (unpaired) electrons. The molecule has 1 aliphatic heterocycles. The Morgan fingerprint density at radius 3 is 2.82 bits per heavy atom. The first-order valence-corrected chi connectivity index (χ1v) is 9.83. The molecule has 0 bridgehead atoms. The van der Waals surface area contributed by atoms with Gasteiger partial charge in [0.2, 0.25) is 0 Å². The maximum Gasteiger partial charge on any atom is 0.276 e. The Hall–Kier alpha value is -2.25. The zero-order valence-electron chi connectivity index (χ0n) is 16.7. The highest BCUT2D eigenvalue weighted by molar-refractivity contribution is 5.92. The van der Waals surface area contributed by atoms with Crippen molar-refractivity contribution in [2.75, 3.05) is 46.8 Å². The van der Waals surface area contributed by atoms with Gasteiger partial charge >= 0.3 is 0 Å². The average Bonchev–Trinajstić information content (AvgIpc) is 3.21. The van der Waals surface area contributed by atoms with Crippen LogP contribution in [0.5, 0.6) is 0 Å². The quantitative estimate of drug-likeness (QED) is 0.696. The van der Waals surface area contributed by atoms with Crippen molar-refractivity contribution < 1.29 is 13.7 Å². The Balaban J connectivity index is 1.62. The van der Waals surface area contributed by atoms with Crippen molar-refractivity contribution in [3.8, 4) is 0 Å². The van der Waals surface area contributed by atoms with Crippen molar-refractivity contribution >= 4 is 5.91 Å². The van der Waals surface area contributed by atoms with Crippen LogP contribution in [0.25, 0.3) is 0 Å². The number of likely N-dealkylation sites (N-methyl/N-ethyl adjacent to an activating group) is 1. The van der Waals surface area contributed by atoms with E-state index >= 15 is 0 Å². The summed E-state index contributed by atoms with van der Waals surface area (Å²) in [4.78, 5) is 19.1. The predicted molar refractivity (Wildman–Crippen MR) is 105 cm³/mol. The van der Waals surface area contributed by atoms with Crippen molar-refractivity contribution in [3.63, 3.8) is 0 Å². The Morgan fingerprint density at radius 2 is 2.11 bits per heavy atom. The maximum atomic E-state index is 14.0. The van der Waals surface area contributed by atoms with E-state index < -0.39 is 0 Å². The topological polar surface area (TPSA) is 52.8 Å². The Bertz CT molecular complexity index is 751. The van der Waals surface area contributed by atoms with Crippen molar-refractivity contribution in [3.05, 3.63) is 53.7 Å². The lowest BCUT2D eigenvalue weighted by Crippen LogP contribution is -2.44. The van der Waals surface area contributed by atoms with E-state index in [-0.39, 0.29) is 11.7 Å². The smallest absolute Gasteiger partial charge is 0.276 e. The summed E-state index contributed by atoms with van der Waals surface area (Å²) in [5.74, 6) is 0.110. The van der Waals surface area contributed by atoms with E-state index in [1.54, 1.807) is 12.1 Å². The van der Waals surface area contributed by atoms with E-state index in [0.29, 0.717) is 31.2 Å². The highest BCUT2D eigenvalue weighted by Crippen LogP contribution is 2.21. The molecule has 1 saturated heterocycles. The minimum atomic E-state index is -0.154. The summed E-state index contributed by atoms with van der Waals surface area (Å²) < 4.78 is 18.8. The number of benzene rings is 1. The van der Waals surface area contributed by atoms with Gasteiger partial charge in [-0.1, -0.05) is 23.4 Å². The fourth-order valence-electron chi connectivity index (χ4n) is 3.70. The summed E-state index contributed by atoms with van der Waals surface area (Å²) in [7, 11) is 3.99. The Morgan fingerprint density at radius 1 is 1.29 bits per heavy atom. The van der Waals surface area contributed by atoms with Gasteiger partial charge in [0, 0.05) is 44.4 Å². The molecule has 0 N–H and O–H groups in total. The highest BCUT2D eigenvalue weighted by Gasteiger charge is 2.26. The normalized spacial score (nSPS) is 17.8. The number of aromatic nitrogens is 1. The number of rotatable bonds is 8. The van der Waals surface area contributed by atoms with E-state index in [4.69, 9.17) is 4.52 Å². The fourth-order valence-corrected chi connectivity index (χ4v) is 3.70. The fraction of sp³-hybridized carbons (Fsp3) is 0.524. The second-order valence-electron chi connectivity index (χ2n) is 7.77. The molecule has 1 aromatic carbocycles. The summed E-state index contributed by atoms with van der Waals surface area (Å²) in [6.07, 6.45) is 3.55. The Kier molecular flexibility index (Phi) is 7.17. The van der Waals surface area contributed by atoms with Gasteiger partial charge in [0.25, 0.3) is 5.91 Å². The molecule has 152 valence electrons. The largest absolute Gasteiger partial charge is 0.364 e. The third-order valence-corrected chi connectivity index (χ3v) is 5.19. The number of hydrogen-bond acceptors (Lipinski definition) is 5. The molecular formula is C21H29FN4O2. The number of halogens is 1. The van der Waals surface area contributed by atoms with Crippen molar-refractivity contribution in [1.82, 2.24) is 19.9 Å². The number of carbonyl (C=O) groups is 1. The zero-order chi connectivity index (χ0) is 19.9. The van der Waals surface area contributed by atoms with E-state index in [1.165, 1.54) is 12.3 Å². The highest BCUT2D eigenvalue weighted by atomic mass is 19.1. The van der Waals surface area contributed by atoms with Gasteiger partial charge in [-0.2, -0.15) is 0 Å². The first-order valence-electron chi connectivity index (χ1n) is 9.83. The van der Waals surface area contributed by atoms with Gasteiger partial charge in [0.1, 0.15) is 12.1 Å². The van der Waals surface area contributed by atoms with Gasteiger partial charge in [-0.3, -0.25) is 9.69 Å². The summed E-state index contributed by atoms with van der Waals surface area (Å²) >= 11 is 0. The van der Waals surface area contributed by atoms with Gasteiger partial charge in [0.15, 0.2) is 5.69 Å². The molecule has 0 saturated carbocycles. The number of amides is 1. The van der Waals surface area contributed by atoms with Crippen molar-refractivity contribution in [2.45, 2.75) is 19.4 Å². The molecule has 6 nitrogen and oxygen atoms in total. The van der Waals surface area contributed by atoms with Crippen LogP contribution in [0.15, 0.2) is 41.1 Å². The van der Waals surface area contributed by atoms with Gasteiger partial charge < -0.3 is 14.3 Å². The molecule has 28 heavy (non-hydrogen) atoms. The minimum Gasteiger partial charge on any atom is -0.364 e. The second-order valence-corrected chi connectivity index (χ2v) is 7.77. The van der Waals surface area contributed by atoms with Gasteiger partial charge in [-0.25, -0.2) is 4.39 Å². The number of hydrogen-bond donors (Lipinski definition) is 0. The molecule has 2 aromatic rings. The van der Waals surface area contributed by atoms with Crippen LogP contribution in [0.3, 0.4) is 0 Å². The van der Waals surface area contributed by atoms with Crippen LogP contribution >= 0.6 is 0 Å². The molecule has 1 fully saturated rings. The first-order chi connectivity index (χ1) is 13.5. The second kappa shape index (κ2) is 9.80. The molecule has 3 rings (SSSR count). The molecule has 2 heterocycles. The molecule has 0 spiro atoms. The summed E-state index contributed by atoms with van der Waals surface area (Å²) in [6.45, 7) is 4.53. The number of likely N-dealkylation sites (tertiary alicyclic amines) is 1. The molecule has 7 heteroatoms. The van der Waals surface area contributed by atoms with Crippen LogP contribution in [0, 0.1) is 11.7 Å². The van der Waals surface area contributed by atoms with E-state index in [1.807, 2.05) is 31.1 Å². The summed E-state index contributed by atoms with van der Waals surface area (Å²) in [6, 6.07) is 8.55. The lowest BCUT2D eigenvalue weighted by molar-refractivity contribution is 0.0650. The molecule has 0 aliphatic carbocycles. The SMILES string of the molecule is CN(C)CCN(C[C@H]1CCCN(Cc2ccccc2F)C1)C(=O)c1ccon1. The van der Waals surface area contributed by atoms with Crippen LogP contribution in [0.2, 0.25) is 0 Å². The lowest BCUT2D eigenvalue weighted by Gasteiger charge is -2.36. The monoisotopic (exact) mass is 388 g/mol. The lowest BCUT2D eigenvalue weighted by atomic mass is 9.96. The van der Waals surface area contributed by atoms with E-state index in [0.717, 1.165) is 38.0 Å². The molecular weight excluding hydrogens is 359 g/mol. The standard InChI is InChI=1S/C21H29FN4O2/c1-24(2)11-12-26(21(27)20-9-13-28-23-20)15-17-6-5-10-25(14-17)16-18-7-3-4-8-19(18)22/h3-4,7-9,13,17H,5-6,10-12,14-16H2,1-2H3/t17-/m0/s1. The van der Waals surface area contributed by atoms with Crippen LogP contribution in [-0.2, 0) is 6.54 Å². The van der Waals surface area contributed by atoms with Crippen LogP contribution in [-0.4, -0.2) is 72.6 Å². The van der Waals surface area contributed by atoms with Crippen molar-refractivity contribution in [1.29, 1.82) is 0 Å². The molecule has 1 amide bonds. The van der Waals surface area contributed by atoms with Crippen molar-refractivity contribution in [2.24, 2.45) is 5.92 Å². The van der Waals surface area contributed by atoms with Crippen LogP contribution < -0.4 is 0 Å². The average molecular weight is 388 g/mol. The van der Waals surface area contributed by atoms with E-state index in [2.05, 4.69) is 15.0 Å². The van der Waals surface area contributed by atoms with Gasteiger partial charge in [-0.05, 0) is 45.5 Å². The summed E-state index contributed by atoms with van der Waals surface area (Å²) in [5, 5.41) is 3.81. The molecule has 1 atom stereocenters. The Labute approximate surface area is 165 Å². The van der Waals surface area contributed by atoms with Crippen LogP contribution in [0.1, 0.15) is 28.9 Å². The predicted octanol–water partition coefficient (Wildman–Crippen LogP) is 2.73. The molecule has 1 aromatic heterocycles. The minimum absolute atomic E-state index is 0.0955. The van der Waals surface area contributed by atoms with Gasteiger partial charge in [-0.15, -0.1) is 0 Å². The first kappa shape index (κ1) is 20.5. The van der Waals surface area contributed by atoms with Crippen LogP contribution in [0.4, 0.5) is 4.39 Å². The maximum absolute atomic E-state index is 14.0.